The zero-order valence-corrected chi connectivity index (χ0v) is 12.0. The molecule has 0 heterocycles. The van der Waals surface area contributed by atoms with Crippen LogP contribution in [0.1, 0.15) is 26.3 Å². The van der Waals surface area contributed by atoms with Gasteiger partial charge in [-0.25, -0.2) is 9.18 Å². The molecule has 0 atom stereocenters. The third kappa shape index (κ3) is 4.18. The lowest BCUT2D eigenvalue weighted by Crippen LogP contribution is -2.32. The Bertz CT molecular complexity index is 457. The Balaban J connectivity index is 2.70. The minimum absolute atomic E-state index is 0.00948. The summed E-state index contributed by atoms with van der Waals surface area (Å²) in [5, 5.41) is 12.0. The van der Waals surface area contributed by atoms with Crippen LogP contribution in [0.4, 0.5) is 9.18 Å². The van der Waals surface area contributed by atoms with E-state index in [0.29, 0.717) is 4.47 Å². The van der Waals surface area contributed by atoms with Gasteiger partial charge in [-0.1, -0.05) is 0 Å². The Kier molecular flexibility index (Phi) is 4.56. The van der Waals surface area contributed by atoms with Crippen molar-refractivity contribution < 1.29 is 19.0 Å². The van der Waals surface area contributed by atoms with Crippen molar-refractivity contribution in [2.75, 3.05) is 0 Å². The summed E-state index contributed by atoms with van der Waals surface area (Å²) in [6.07, 6.45) is -0.665. The standard InChI is InChI=1S/C12H15BrFNO3/c1-12(2,3)18-11(17)15-6-7-9(14)5-4-8(13)10(7)16/h4-5,16H,6H2,1-3H3,(H,15,17). The molecule has 0 aliphatic heterocycles. The number of hydrogen-bond donors (Lipinski definition) is 2. The van der Waals surface area contributed by atoms with Crippen molar-refractivity contribution in [2.45, 2.75) is 32.9 Å². The van der Waals surface area contributed by atoms with Gasteiger partial charge in [0.15, 0.2) is 0 Å². The van der Waals surface area contributed by atoms with Gasteiger partial charge < -0.3 is 15.2 Å². The molecule has 1 rings (SSSR count). The highest BCUT2D eigenvalue weighted by atomic mass is 79.9. The Morgan fingerprint density at radius 1 is 1.50 bits per heavy atom. The summed E-state index contributed by atoms with van der Waals surface area (Å²) in [7, 11) is 0. The Morgan fingerprint density at radius 2 is 2.11 bits per heavy atom. The van der Waals surface area contributed by atoms with Crippen LogP contribution in [0.3, 0.4) is 0 Å². The monoisotopic (exact) mass is 319 g/mol. The average molecular weight is 320 g/mol. The molecule has 0 saturated heterocycles. The quantitative estimate of drug-likeness (QED) is 0.879. The maximum atomic E-state index is 13.4. The number of benzene rings is 1. The van der Waals surface area contributed by atoms with E-state index in [1.165, 1.54) is 12.1 Å². The molecule has 0 fully saturated rings. The highest BCUT2D eigenvalue weighted by molar-refractivity contribution is 9.10. The summed E-state index contributed by atoms with van der Waals surface area (Å²) in [4.78, 5) is 11.4. The smallest absolute Gasteiger partial charge is 0.407 e. The molecule has 6 heteroatoms. The number of aromatic hydroxyl groups is 1. The molecule has 18 heavy (non-hydrogen) atoms. The minimum atomic E-state index is -0.665. The van der Waals surface area contributed by atoms with Gasteiger partial charge >= 0.3 is 6.09 Å². The number of rotatable bonds is 2. The lowest BCUT2D eigenvalue weighted by atomic mass is 10.2. The van der Waals surface area contributed by atoms with Crippen LogP contribution in [0.15, 0.2) is 16.6 Å². The molecule has 0 bridgehead atoms. The van der Waals surface area contributed by atoms with E-state index in [-0.39, 0.29) is 17.9 Å². The Labute approximate surface area is 113 Å². The average Bonchev–Trinajstić information content (AvgIpc) is 2.21. The van der Waals surface area contributed by atoms with Crippen molar-refractivity contribution >= 4 is 22.0 Å². The zero-order valence-electron chi connectivity index (χ0n) is 10.4. The summed E-state index contributed by atoms with van der Waals surface area (Å²) >= 11 is 3.08. The number of nitrogens with one attached hydrogen (secondary N) is 1. The van der Waals surface area contributed by atoms with Gasteiger partial charge in [0.1, 0.15) is 17.2 Å². The van der Waals surface area contributed by atoms with E-state index in [1.54, 1.807) is 20.8 Å². The molecule has 0 aliphatic carbocycles. The second-order valence-electron chi connectivity index (χ2n) is 4.71. The van der Waals surface area contributed by atoms with Gasteiger partial charge in [0.2, 0.25) is 0 Å². The van der Waals surface area contributed by atoms with Crippen LogP contribution in [0.2, 0.25) is 0 Å². The van der Waals surface area contributed by atoms with Crippen LogP contribution in [-0.2, 0) is 11.3 Å². The molecule has 0 saturated carbocycles. The highest BCUT2D eigenvalue weighted by Crippen LogP contribution is 2.29. The van der Waals surface area contributed by atoms with Crippen molar-refractivity contribution in [3.63, 3.8) is 0 Å². The normalized spacial score (nSPS) is 11.2. The summed E-state index contributed by atoms with van der Waals surface area (Å²) < 4.78 is 18.8. The molecule has 0 unspecified atom stereocenters. The number of carbonyl (C=O) groups excluding carboxylic acids is 1. The van der Waals surface area contributed by atoms with Crippen molar-refractivity contribution in [1.82, 2.24) is 5.32 Å². The molecule has 1 amide bonds. The fourth-order valence-electron chi connectivity index (χ4n) is 1.23. The molecule has 0 radical (unpaired) electrons. The summed E-state index contributed by atoms with van der Waals surface area (Å²) in [5.74, 6) is -0.821. The molecule has 1 aromatic carbocycles. The molecule has 100 valence electrons. The lowest BCUT2D eigenvalue weighted by Gasteiger charge is -2.20. The number of ether oxygens (including phenoxy) is 1. The van der Waals surface area contributed by atoms with Crippen LogP contribution in [0, 0.1) is 5.82 Å². The highest BCUT2D eigenvalue weighted by Gasteiger charge is 2.17. The number of hydrogen-bond acceptors (Lipinski definition) is 3. The Hall–Kier alpha value is -1.30. The van der Waals surface area contributed by atoms with E-state index in [4.69, 9.17) is 4.74 Å². The van der Waals surface area contributed by atoms with Crippen LogP contribution < -0.4 is 5.32 Å². The zero-order chi connectivity index (χ0) is 13.9. The molecular weight excluding hydrogens is 305 g/mol. The van der Waals surface area contributed by atoms with E-state index < -0.39 is 17.5 Å². The topological polar surface area (TPSA) is 58.6 Å². The summed E-state index contributed by atoms with van der Waals surface area (Å²) in [6, 6.07) is 2.59. The largest absolute Gasteiger partial charge is 0.506 e. The van der Waals surface area contributed by atoms with Crippen molar-refractivity contribution in [2.24, 2.45) is 0 Å². The molecule has 4 nitrogen and oxygen atoms in total. The van der Waals surface area contributed by atoms with Crippen LogP contribution in [-0.4, -0.2) is 16.8 Å². The van der Waals surface area contributed by atoms with Crippen LogP contribution in [0.25, 0.3) is 0 Å². The van der Waals surface area contributed by atoms with Gasteiger partial charge in [0, 0.05) is 0 Å². The maximum absolute atomic E-state index is 13.4. The fraction of sp³-hybridized carbons (Fsp3) is 0.417. The number of alkyl carbamates (subject to hydrolysis) is 1. The number of halogens is 2. The summed E-state index contributed by atoms with van der Waals surface area (Å²) in [5.41, 5.74) is -0.614. The van der Waals surface area contributed by atoms with E-state index >= 15 is 0 Å². The lowest BCUT2D eigenvalue weighted by molar-refractivity contribution is 0.0523. The van der Waals surface area contributed by atoms with E-state index in [1.807, 2.05) is 0 Å². The molecule has 0 aromatic heterocycles. The third-order valence-electron chi connectivity index (χ3n) is 1.98. The van der Waals surface area contributed by atoms with E-state index in [0.717, 1.165) is 0 Å². The predicted octanol–water partition coefficient (Wildman–Crippen LogP) is 3.32. The third-order valence-corrected chi connectivity index (χ3v) is 2.62. The van der Waals surface area contributed by atoms with Gasteiger partial charge in [-0.05, 0) is 48.8 Å². The van der Waals surface area contributed by atoms with E-state index in [9.17, 15) is 14.3 Å². The summed E-state index contributed by atoms with van der Waals surface area (Å²) in [6.45, 7) is 5.03. The SMILES string of the molecule is CC(C)(C)OC(=O)NCc1c(F)ccc(Br)c1O. The fourth-order valence-corrected chi connectivity index (χ4v) is 1.60. The number of phenols is 1. The number of carbonyl (C=O) groups is 1. The Morgan fingerprint density at radius 3 is 2.67 bits per heavy atom. The first-order chi connectivity index (χ1) is 8.20. The predicted molar refractivity (Wildman–Crippen MR) is 68.8 cm³/mol. The molecule has 1 aromatic rings. The minimum Gasteiger partial charge on any atom is -0.506 e. The van der Waals surface area contributed by atoms with Crippen molar-refractivity contribution in [1.29, 1.82) is 0 Å². The van der Waals surface area contributed by atoms with E-state index in [2.05, 4.69) is 21.2 Å². The van der Waals surface area contributed by atoms with Gasteiger partial charge in [-0.15, -0.1) is 0 Å². The molecular formula is C12H15BrFNO3. The molecule has 0 spiro atoms. The molecule has 2 N–H and O–H groups in total. The van der Waals surface area contributed by atoms with Crippen molar-refractivity contribution in [3.05, 3.63) is 28.0 Å². The van der Waals surface area contributed by atoms with Crippen molar-refractivity contribution in [3.8, 4) is 5.75 Å². The van der Waals surface area contributed by atoms with Gasteiger partial charge in [0.05, 0.1) is 16.6 Å². The molecule has 0 aliphatic rings. The van der Waals surface area contributed by atoms with Gasteiger partial charge in [-0.2, -0.15) is 0 Å². The first kappa shape index (κ1) is 14.8. The van der Waals surface area contributed by atoms with Gasteiger partial charge in [-0.3, -0.25) is 0 Å². The van der Waals surface area contributed by atoms with Crippen LogP contribution >= 0.6 is 15.9 Å². The van der Waals surface area contributed by atoms with Gasteiger partial charge in [0.25, 0.3) is 0 Å². The second-order valence-corrected chi connectivity index (χ2v) is 5.57. The number of phenolic OH excluding ortho intramolecular Hbond substituents is 1. The van der Waals surface area contributed by atoms with Crippen LogP contribution in [0.5, 0.6) is 5.75 Å². The second kappa shape index (κ2) is 5.56. The first-order valence-electron chi connectivity index (χ1n) is 5.33. The first-order valence-corrected chi connectivity index (χ1v) is 6.12. The number of amides is 1. The maximum Gasteiger partial charge on any atom is 0.407 e.